The van der Waals surface area contributed by atoms with Crippen molar-refractivity contribution < 1.29 is 24.1 Å². The highest BCUT2D eigenvalue weighted by molar-refractivity contribution is 5.70. The van der Waals surface area contributed by atoms with E-state index in [-0.39, 0.29) is 12.5 Å². The van der Waals surface area contributed by atoms with Crippen LogP contribution < -0.4 is 19.9 Å². The van der Waals surface area contributed by atoms with Crippen molar-refractivity contribution in [2.45, 2.75) is 19.8 Å². The summed E-state index contributed by atoms with van der Waals surface area (Å²) in [6.45, 7) is 2.12. The summed E-state index contributed by atoms with van der Waals surface area (Å²) in [5.74, 6) is 0.646. The number of hydrogen-bond acceptors (Lipinski definition) is 5. The molecule has 0 fully saturated rings. The topological polar surface area (TPSA) is 91.0 Å². The van der Waals surface area contributed by atoms with E-state index < -0.39 is 11.9 Å². The van der Waals surface area contributed by atoms with Gasteiger partial charge < -0.3 is 25.1 Å². The maximum Gasteiger partial charge on any atom is 0.307 e. The van der Waals surface area contributed by atoms with Gasteiger partial charge in [-0.05, 0) is 30.9 Å². The first kappa shape index (κ1) is 18.1. The summed E-state index contributed by atoms with van der Waals surface area (Å²) in [5.41, 5.74) is 6.40. The molecular weight excluding hydrogens is 286 g/mol. The molecule has 124 valence electrons. The van der Waals surface area contributed by atoms with Gasteiger partial charge in [0.1, 0.15) is 5.75 Å². The van der Waals surface area contributed by atoms with Gasteiger partial charge in [-0.3, -0.25) is 4.79 Å². The van der Waals surface area contributed by atoms with Gasteiger partial charge in [-0.1, -0.05) is 6.92 Å². The summed E-state index contributed by atoms with van der Waals surface area (Å²) < 4.78 is 16.1. The normalized spacial score (nSPS) is 13.3. The van der Waals surface area contributed by atoms with Crippen molar-refractivity contribution >= 4 is 5.97 Å². The molecule has 0 bridgehead atoms. The molecular formula is C16H25NO5. The molecule has 0 aliphatic heterocycles. The third-order valence-corrected chi connectivity index (χ3v) is 3.70. The Labute approximate surface area is 131 Å². The number of carboxylic acid groups (broad SMARTS) is 1. The largest absolute Gasteiger partial charge is 0.496 e. The van der Waals surface area contributed by atoms with Gasteiger partial charge in [0.2, 0.25) is 0 Å². The smallest absolute Gasteiger partial charge is 0.307 e. The third-order valence-electron chi connectivity index (χ3n) is 3.70. The molecule has 0 aliphatic rings. The van der Waals surface area contributed by atoms with Gasteiger partial charge in [0, 0.05) is 12.1 Å². The van der Waals surface area contributed by atoms with Crippen LogP contribution in [0.1, 0.15) is 18.9 Å². The Morgan fingerprint density at radius 1 is 1.18 bits per heavy atom. The van der Waals surface area contributed by atoms with Crippen LogP contribution in [0.2, 0.25) is 0 Å². The molecule has 0 saturated carbocycles. The average molecular weight is 311 g/mol. The second kappa shape index (κ2) is 8.48. The number of rotatable bonds is 9. The molecule has 0 amide bonds. The van der Waals surface area contributed by atoms with Crippen molar-refractivity contribution in [3.8, 4) is 17.2 Å². The van der Waals surface area contributed by atoms with Crippen molar-refractivity contribution in [1.29, 1.82) is 0 Å². The minimum absolute atomic E-state index is 0.111. The fourth-order valence-corrected chi connectivity index (χ4v) is 2.57. The number of carboxylic acids is 1. The molecule has 6 nitrogen and oxygen atoms in total. The van der Waals surface area contributed by atoms with E-state index in [0.717, 1.165) is 5.56 Å². The minimum atomic E-state index is -0.862. The number of carbonyl (C=O) groups is 1. The third kappa shape index (κ3) is 4.27. The van der Waals surface area contributed by atoms with Crippen molar-refractivity contribution in [2.75, 3.05) is 27.9 Å². The summed E-state index contributed by atoms with van der Waals surface area (Å²) in [6.07, 6.45) is 1.11. The molecule has 1 rings (SSSR count). The van der Waals surface area contributed by atoms with Crippen LogP contribution in [0.4, 0.5) is 0 Å². The highest BCUT2D eigenvalue weighted by atomic mass is 16.5. The van der Waals surface area contributed by atoms with Crippen molar-refractivity contribution in [2.24, 2.45) is 17.6 Å². The van der Waals surface area contributed by atoms with Gasteiger partial charge in [-0.15, -0.1) is 0 Å². The van der Waals surface area contributed by atoms with Crippen LogP contribution in [0, 0.1) is 11.8 Å². The van der Waals surface area contributed by atoms with Gasteiger partial charge >= 0.3 is 5.97 Å². The second-order valence-corrected chi connectivity index (χ2v) is 5.30. The van der Waals surface area contributed by atoms with Crippen molar-refractivity contribution in [3.63, 3.8) is 0 Å². The molecule has 0 spiro atoms. The summed E-state index contributed by atoms with van der Waals surface area (Å²) in [6, 6.07) is 3.60. The van der Waals surface area contributed by atoms with E-state index in [9.17, 15) is 4.79 Å². The van der Waals surface area contributed by atoms with E-state index in [4.69, 9.17) is 25.1 Å². The van der Waals surface area contributed by atoms with Gasteiger partial charge in [-0.25, -0.2) is 0 Å². The Morgan fingerprint density at radius 3 is 2.23 bits per heavy atom. The van der Waals surface area contributed by atoms with Crippen molar-refractivity contribution in [3.05, 3.63) is 17.7 Å². The Hall–Kier alpha value is -1.95. The van der Waals surface area contributed by atoms with Gasteiger partial charge in [0.05, 0.1) is 27.2 Å². The minimum Gasteiger partial charge on any atom is -0.496 e. The molecule has 0 radical (unpaired) electrons. The van der Waals surface area contributed by atoms with Gasteiger partial charge in [0.15, 0.2) is 11.5 Å². The number of hydrogen-bond donors (Lipinski definition) is 2. The molecule has 2 atom stereocenters. The number of ether oxygens (including phenoxy) is 3. The van der Waals surface area contributed by atoms with E-state index in [1.165, 1.54) is 0 Å². The summed E-state index contributed by atoms with van der Waals surface area (Å²) in [7, 11) is 4.74. The lowest BCUT2D eigenvalue weighted by molar-refractivity contribution is -0.141. The summed E-state index contributed by atoms with van der Waals surface area (Å²) in [5, 5.41) is 9.12. The van der Waals surface area contributed by atoms with E-state index in [1.54, 1.807) is 27.4 Å². The van der Waals surface area contributed by atoms with E-state index in [0.29, 0.717) is 30.1 Å². The average Bonchev–Trinajstić information content (AvgIpc) is 2.51. The molecule has 0 heterocycles. The Balaban J connectivity index is 3.02. The first-order valence-electron chi connectivity index (χ1n) is 7.19. The molecule has 2 unspecified atom stereocenters. The van der Waals surface area contributed by atoms with E-state index >= 15 is 0 Å². The maximum absolute atomic E-state index is 11.1. The maximum atomic E-state index is 11.1. The zero-order valence-corrected chi connectivity index (χ0v) is 13.6. The van der Waals surface area contributed by atoms with E-state index in [1.807, 2.05) is 13.0 Å². The highest BCUT2D eigenvalue weighted by Crippen LogP contribution is 2.39. The lowest BCUT2D eigenvalue weighted by Gasteiger charge is -2.20. The molecule has 1 aromatic carbocycles. The predicted octanol–water partition coefficient (Wildman–Crippen LogP) is 1.94. The van der Waals surface area contributed by atoms with Crippen LogP contribution in [0.3, 0.4) is 0 Å². The molecule has 0 saturated heterocycles. The van der Waals surface area contributed by atoms with Gasteiger partial charge in [0.25, 0.3) is 0 Å². The van der Waals surface area contributed by atoms with Crippen LogP contribution in [-0.4, -0.2) is 38.9 Å². The van der Waals surface area contributed by atoms with Crippen LogP contribution in [0.25, 0.3) is 0 Å². The number of methoxy groups -OCH3 is 3. The predicted molar refractivity (Wildman–Crippen MR) is 83.8 cm³/mol. The quantitative estimate of drug-likeness (QED) is 0.724. The standard InChI is InChI=1S/C16H25NO5/c1-10(7-11(9-17)16(18)19)8-12-13(20-2)5-6-14(21-3)15(12)22-4/h5-6,10-11H,7-9,17H2,1-4H3,(H,18,19). The monoisotopic (exact) mass is 311 g/mol. The molecule has 22 heavy (non-hydrogen) atoms. The van der Waals surface area contributed by atoms with Crippen molar-refractivity contribution in [1.82, 2.24) is 0 Å². The number of aliphatic carboxylic acids is 1. The highest BCUT2D eigenvalue weighted by Gasteiger charge is 2.22. The lowest BCUT2D eigenvalue weighted by atomic mass is 9.90. The molecule has 3 N–H and O–H groups in total. The second-order valence-electron chi connectivity index (χ2n) is 5.30. The molecule has 0 aromatic heterocycles. The first-order valence-corrected chi connectivity index (χ1v) is 7.19. The molecule has 0 aliphatic carbocycles. The zero-order valence-electron chi connectivity index (χ0n) is 13.6. The molecule has 1 aromatic rings. The number of benzene rings is 1. The first-order chi connectivity index (χ1) is 10.5. The Kier molecular flexibility index (Phi) is 6.98. The summed E-state index contributed by atoms with van der Waals surface area (Å²) >= 11 is 0. The van der Waals surface area contributed by atoms with Crippen LogP contribution in [0.5, 0.6) is 17.2 Å². The number of nitrogens with two attached hydrogens (primary N) is 1. The fourth-order valence-electron chi connectivity index (χ4n) is 2.57. The van der Waals surface area contributed by atoms with Crippen LogP contribution >= 0.6 is 0 Å². The SMILES string of the molecule is COc1ccc(OC)c(OC)c1CC(C)CC(CN)C(=O)O. The Morgan fingerprint density at radius 2 is 1.77 bits per heavy atom. The zero-order chi connectivity index (χ0) is 16.7. The van der Waals surface area contributed by atoms with E-state index in [2.05, 4.69) is 0 Å². The Bertz CT molecular complexity index is 504. The lowest BCUT2D eigenvalue weighted by Crippen LogP contribution is -2.25. The summed E-state index contributed by atoms with van der Waals surface area (Å²) in [4.78, 5) is 11.1. The van der Waals surface area contributed by atoms with Crippen LogP contribution in [0.15, 0.2) is 12.1 Å². The van der Waals surface area contributed by atoms with Gasteiger partial charge in [-0.2, -0.15) is 0 Å². The van der Waals surface area contributed by atoms with Crippen LogP contribution in [-0.2, 0) is 11.2 Å². The molecule has 6 heteroatoms. The fraction of sp³-hybridized carbons (Fsp3) is 0.562.